The number of urea groups is 1. The Morgan fingerprint density at radius 1 is 0.931 bits per heavy atom. The van der Waals surface area contributed by atoms with Gasteiger partial charge in [0.15, 0.2) is 0 Å². The molecular formula is C20H28ClN5O3. The van der Waals surface area contributed by atoms with Gasteiger partial charge >= 0.3 is 6.03 Å². The van der Waals surface area contributed by atoms with Gasteiger partial charge in [-0.3, -0.25) is 24.7 Å². The quantitative estimate of drug-likeness (QED) is 0.649. The van der Waals surface area contributed by atoms with E-state index in [2.05, 4.69) is 16.0 Å². The van der Waals surface area contributed by atoms with E-state index in [1.165, 1.54) is 0 Å². The van der Waals surface area contributed by atoms with Gasteiger partial charge in [-0.15, -0.1) is 0 Å². The Hall–Kier alpha value is -2.16. The van der Waals surface area contributed by atoms with Crippen LogP contribution in [0.5, 0.6) is 0 Å². The summed E-state index contributed by atoms with van der Waals surface area (Å²) in [7, 11) is 0. The summed E-state index contributed by atoms with van der Waals surface area (Å²) in [6, 6.07) is 6.90. The molecule has 3 N–H and O–H groups in total. The molecule has 29 heavy (non-hydrogen) atoms. The predicted molar refractivity (Wildman–Crippen MR) is 112 cm³/mol. The van der Waals surface area contributed by atoms with Crippen LogP contribution in [0.3, 0.4) is 0 Å². The number of carbonyl (C=O) groups is 3. The highest BCUT2D eigenvalue weighted by molar-refractivity contribution is 6.33. The lowest BCUT2D eigenvalue weighted by Crippen LogP contribution is -2.52. The van der Waals surface area contributed by atoms with Crippen molar-refractivity contribution in [1.29, 1.82) is 0 Å². The number of amides is 4. The Kier molecular flexibility index (Phi) is 7.85. The van der Waals surface area contributed by atoms with Gasteiger partial charge < -0.3 is 10.6 Å². The van der Waals surface area contributed by atoms with Gasteiger partial charge in [-0.25, -0.2) is 4.79 Å². The zero-order chi connectivity index (χ0) is 20.6. The van der Waals surface area contributed by atoms with Crippen LogP contribution in [0.15, 0.2) is 24.3 Å². The smallest absolute Gasteiger partial charge is 0.321 e. The molecule has 1 aliphatic heterocycles. The number of hydrogen-bond donors (Lipinski definition) is 3. The van der Waals surface area contributed by atoms with Gasteiger partial charge in [0.2, 0.25) is 11.8 Å². The number of halogens is 1. The van der Waals surface area contributed by atoms with Crippen LogP contribution in [-0.2, 0) is 9.59 Å². The zero-order valence-corrected chi connectivity index (χ0v) is 17.2. The lowest BCUT2D eigenvalue weighted by atomic mass is 10.2. The first-order valence-electron chi connectivity index (χ1n) is 10.1. The van der Waals surface area contributed by atoms with E-state index in [4.69, 9.17) is 11.6 Å². The van der Waals surface area contributed by atoms with Crippen LogP contribution in [0.2, 0.25) is 5.02 Å². The monoisotopic (exact) mass is 421 g/mol. The first kappa shape index (κ1) is 21.5. The second kappa shape index (κ2) is 10.6. The Morgan fingerprint density at radius 3 is 2.14 bits per heavy atom. The van der Waals surface area contributed by atoms with Gasteiger partial charge in [0.05, 0.1) is 23.8 Å². The van der Waals surface area contributed by atoms with Gasteiger partial charge in [-0.05, 0) is 25.0 Å². The number of nitrogens with one attached hydrogen (secondary N) is 3. The lowest BCUT2D eigenvalue weighted by molar-refractivity contribution is -0.122. The normalized spacial score (nSPS) is 18.4. The molecule has 1 aliphatic carbocycles. The number of benzene rings is 1. The van der Waals surface area contributed by atoms with E-state index in [0.29, 0.717) is 36.9 Å². The van der Waals surface area contributed by atoms with Crippen LogP contribution in [0, 0.1) is 0 Å². The number of anilines is 1. The van der Waals surface area contributed by atoms with Crippen LogP contribution in [0.1, 0.15) is 25.7 Å². The van der Waals surface area contributed by atoms with E-state index in [9.17, 15) is 14.4 Å². The van der Waals surface area contributed by atoms with Crippen molar-refractivity contribution in [3.63, 3.8) is 0 Å². The molecule has 0 aromatic heterocycles. The molecular weight excluding hydrogens is 394 g/mol. The maximum atomic E-state index is 12.2. The number of hydrogen-bond acceptors (Lipinski definition) is 5. The summed E-state index contributed by atoms with van der Waals surface area (Å²) >= 11 is 6.06. The third kappa shape index (κ3) is 6.99. The fraction of sp³-hybridized carbons (Fsp3) is 0.550. The standard InChI is InChI=1S/C20H28ClN5O3/c21-16-7-3-4-8-17(16)23-18(27)13-25-9-11-26(12-10-25)14-19(28)24-20(29)22-15-5-1-2-6-15/h3-4,7-8,15H,1-2,5-6,9-14H2,(H,23,27)(H2,22,24,28,29). The molecule has 0 unspecified atom stereocenters. The maximum absolute atomic E-state index is 12.2. The number of imide groups is 1. The molecule has 0 spiro atoms. The second-order valence-electron chi connectivity index (χ2n) is 7.58. The summed E-state index contributed by atoms with van der Waals surface area (Å²) in [5, 5.41) is 8.58. The van der Waals surface area contributed by atoms with Crippen LogP contribution in [0.4, 0.5) is 10.5 Å². The van der Waals surface area contributed by atoms with Crippen molar-refractivity contribution in [2.75, 3.05) is 44.6 Å². The molecule has 9 heteroatoms. The van der Waals surface area contributed by atoms with Gasteiger partial charge in [0.25, 0.3) is 0 Å². The fourth-order valence-corrected chi connectivity index (χ4v) is 3.90. The highest BCUT2D eigenvalue weighted by atomic mass is 35.5. The van der Waals surface area contributed by atoms with Gasteiger partial charge in [0, 0.05) is 32.2 Å². The van der Waals surface area contributed by atoms with Gasteiger partial charge in [-0.2, -0.15) is 0 Å². The fourth-order valence-electron chi connectivity index (χ4n) is 3.72. The summed E-state index contributed by atoms with van der Waals surface area (Å²) in [5.41, 5.74) is 0.602. The van der Waals surface area contributed by atoms with Crippen LogP contribution in [-0.4, -0.2) is 73.0 Å². The molecule has 8 nitrogen and oxygen atoms in total. The topological polar surface area (TPSA) is 93.8 Å². The largest absolute Gasteiger partial charge is 0.335 e. The number of carbonyl (C=O) groups excluding carboxylic acids is 3. The molecule has 0 bridgehead atoms. The van der Waals surface area contributed by atoms with E-state index < -0.39 is 6.03 Å². The molecule has 158 valence electrons. The summed E-state index contributed by atoms with van der Waals surface area (Å²) in [6.07, 6.45) is 4.21. The van der Waals surface area contributed by atoms with Crippen molar-refractivity contribution in [2.24, 2.45) is 0 Å². The van der Waals surface area contributed by atoms with Crippen LogP contribution < -0.4 is 16.0 Å². The van der Waals surface area contributed by atoms with E-state index in [1.54, 1.807) is 12.1 Å². The van der Waals surface area contributed by atoms with E-state index in [1.807, 2.05) is 21.9 Å². The molecule has 1 aromatic rings. The van der Waals surface area contributed by atoms with E-state index in [0.717, 1.165) is 25.7 Å². The predicted octanol–water partition coefficient (Wildman–Crippen LogP) is 1.66. The molecule has 3 rings (SSSR count). The molecule has 1 heterocycles. The first-order chi connectivity index (χ1) is 14.0. The third-order valence-corrected chi connectivity index (χ3v) is 5.62. The minimum absolute atomic E-state index is 0.118. The number of rotatable bonds is 6. The Balaban J connectivity index is 1.33. The molecule has 2 fully saturated rings. The van der Waals surface area contributed by atoms with Crippen molar-refractivity contribution in [3.8, 4) is 0 Å². The van der Waals surface area contributed by atoms with Crippen molar-refractivity contribution < 1.29 is 14.4 Å². The molecule has 4 amide bonds. The molecule has 0 atom stereocenters. The SMILES string of the molecule is O=C(CN1CCN(CC(=O)Nc2ccccc2Cl)CC1)NC(=O)NC1CCCC1. The summed E-state index contributed by atoms with van der Waals surface area (Å²) in [4.78, 5) is 40.2. The van der Waals surface area contributed by atoms with Gasteiger partial charge in [0.1, 0.15) is 0 Å². The molecule has 1 aromatic carbocycles. The summed E-state index contributed by atoms with van der Waals surface area (Å²) in [6.45, 7) is 3.13. The van der Waals surface area contributed by atoms with E-state index >= 15 is 0 Å². The Labute approximate surface area is 175 Å². The lowest BCUT2D eigenvalue weighted by Gasteiger charge is -2.33. The number of nitrogens with zero attached hydrogens (tertiary/aromatic N) is 2. The van der Waals surface area contributed by atoms with E-state index in [-0.39, 0.29) is 30.9 Å². The van der Waals surface area contributed by atoms with Crippen molar-refractivity contribution >= 4 is 35.1 Å². The Bertz CT molecular complexity index is 731. The van der Waals surface area contributed by atoms with Crippen LogP contribution in [0.25, 0.3) is 0 Å². The average molecular weight is 422 g/mol. The highest BCUT2D eigenvalue weighted by Crippen LogP contribution is 2.20. The third-order valence-electron chi connectivity index (χ3n) is 5.29. The minimum atomic E-state index is -0.406. The molecule has 2 aliphatic rings. The zero-order valence-electron chi connectivity index (χ0n) is 16.5. The second-order valence-corrected chi connectivity index (χ2v) is 7.99. The van der Waals surface area contributed by atoms with Crippen molar-refractivity contribution in [3.05, 3.63) is 29.3 Å². The molecule has 0 radical (unpaired) electrons. The average Bonchev–Trinajstić information content (AvgIpc) is 3.18. The highest BCUT2D eigenvalue weighted by Gasteiger charge is 2.22. The molecule has 1 saturated carbocycles. The molecule has 1 saturated heterocycles. The first-order valence-corrected chi connectivity index (χ1v) is 10.5. The minimum Gasteiger partial charge on any atom is -0.335 e. The maximum Gasteiger partial charge on any atom is 0.321 e. The van der Waals surface area contributed by atoms with Crippen LogP contribution >= 0.6 is 11.6 Å². The number of piperazine rings is 1. The summed E-state index contributed by atoms with van der Waals surface area (Å²) in [5.74, 6) is -0.418. The van der Waals surface area contributed by atoms with Gasteiger partial charge in [-0.1, -0.05) is 36.6 Å². The summed E-state index contributed by atoms with van der Waals surface area (Å²) < 4.78 is 0. The van der Waals surface area contributed by atoms with Crippen molar-refractivity contribution in [1.82, 2.24) is 20.4 Å². The number of para-hydroxylation sites is 1. The Morgan fingerprint density at radius 2 is 1.52 bits per heavy atom. The van der Waals surface area contributed by atoms with Crippen molar-refractivity contribution in [2.45, 2.75) is 31.7 Å².